The van der Waals surface area contributed by atoms with Crippen LogP contribution in [-0.2, 0) is 16.1 Å². The maximum absolute atomic E-state index is 11.8. The summed E-state index contributed by atoms with van der Waals surface area (Å²) in [4.78, 5) is 11.8. The molecule has 0 bridgehead atoms. The van der Waals surface area contributed by atoms with Crippen molar-refractivity contribution in [2.24, 2.45) is 5.92 Å². The smallest absolute Gasteiger partial charge is 0.340 e. The van der Waals surface area contributed by atoms with Gasteiger partial charge in [-0.25, -0.2) is 4.79 Å². The Morgan fingerprint density at radius 1 is 1.35 bits per heavy atom. The van der Waals surface area contributed by atoms with Gasteiger partial charge in [0.25, 0.3) is 0 Å². The molecule has 20 heavy (non-hydrogen) atoms. The first-order chi connectivity index (χ1) is 9.63. The Kier molecular flexibility index (Phi) is 5.01. The van der Waals surface area contributed by atoms with Crippen LogP contribution in [0, 0.1) is 5.92 Å². The summed E-state index contributed by atoms with van der Waals surface area (Å²) >= 11 is 0. The zero-order chi connectivity index (χ0) is 14.5. The lowest BCUT2D eigenvalue weighted by Crippen LogP contribution is -2.25. The third kappa shape index (κ3) is 3.31. The normalized spacial score (nSPS) is 22.5. The maximum atomic E-state index is 11.8. The van der Waals surface area contributed by atoms with E-state index in [1.807, 2.05) is 12.1 Å². The Hall–Kier alpha value is -1.55. The third-order valence-electron chi connectivity index (χ3n) is 4.06. The van der Waals surface area contributed by atoms with Gasteiger partial charge in [0, 0.05) is 5.69 Å². The minimum atomic E-state index is -0.404. The van der Waals surface area contributed by atoms with Gasteiger partial charge < -0.3 is 15.2 Å². The Morgan fingerprint density at radius 3 is 2.80 bits per heavy atom. The van der Waals surface area contributed by atoms with Crippen LogP contribution in [0.2, 0.25) is 0 Å². The van der Waals surface area contributed by atoms with Gasteiger partial charge in [0.15, 0.2) is 0 Å². The van der Waals surface area contributed by atoms with Crippen LogP contribution < -0.4 is 5.73 Å². The van der Waals surface area contributed by atoms with Gasteiger partial charge in [0.1, 0.15) is 0 Å². The monoisotopic (exact) mass is 277 g/mol. The van der Waals surface area contributed by atoms with E-state index in [9.17, 15) is 4.79 Å². The van der Waals surface area contributed by atoms with Crippen molar-refractivity contribution in [3.8, 4) is 0 Å². The highest BCUT2D eigenvalue weighted by molar-refractivity contribution is 5.96. The van der Waals surface area contributed by atoms with Gasteiger partial charge in [0.2, 0.25) is 0 Å². The molecule has 4 nitrogen and oxygen atoms in total. The van der Waals surface area contributed by atoms with E-state index in [0.29, 0.717) is 23.8 Å². The van der Waals surface area contributed by atoms with Gasteiger partial charge in [0.05, 0.1) is 25.4 Å². The molecule has 2 rings (SSSR count). The molecular weight excluding hydrogens is 254 g/mol. The van der Waals surface area contributed by atoms with E-state index in [4.69, 9.17) is 15.2 Å². The lowest BCUT2D eigenvalue weighted by molar-refractivity contribution is -0.0158. The molecule has 0 saturated heterocycles. The highest BCUT2D eigenvalue weighted by Gasteiger charge is 2.23. The van der Waals surface area contributed by atoms with Gasteiger partial charge in [-0.15, -0.1) is 0 Å². The van der Waals surface area contributed by atoms with Crippen LogP contribution in [0.15, 0.2) is 18.2 Å². The lowest BCUT2D eigenvalue weighted by atomic mass is 9.88. The Bertz CT molecular complexity index is 473. The van der Waals surface area contributed by atoms with Crippen LogP contribution in [0.25, 0.3) is 0 Å². The molecule has 1 saturated carbocycles. The number of hydrogen-bond acceptors (Lipinski definition) is 4. The molecule has 1 aromatic rings. The molecule has 2 atom stereocenters. The standard InChI is InChI=1S/C16H23NO3/c1-11-6-3-4-9-14(11)20-10-12-7-5-8-13(17)15(12)16(18)19-2/h5,7-8,11,14H,3-4,6,9-10,17H2,1-2H3. The molecule has 0 radical (unpaired) electrons. The quantitative estimate of drug-likeness (QED) is 0.678. The van der Waals surface area contributed by atoms with Crippen LogP contribution in [0.3, 0.4) is 0 Å². The van der Waals surface area contributed by atoms with E-state index in [1.54, 1.807) is 6.07 Å². The van der Waals surface area contributed by atoms with Crippen molar-refractivity contribution in [3.63, 3.8) is 0 Å². The van der Waals surface area contributed by atoms with Crippen molar-refractivity contribution in [2.75, 3.05) is 12.8 Å². The van der Waals surface area contributed by atoms with Crippen molar-refractivity contribution in [2.45, 2.75) is 45.3 Å². The van der Waals surface area contributed by atoms with E-state index >= 15 is 0 Å². The summed E-state index contributed by atoms with van der Waals surface area (Å²) in [6, 6.07) is 5.42. The second-order valence-electron chi connectivity index (χ2n) is 5.48. The zero-order valence-electron chi connectivity index (χ0n) is 12.2. The molecule has 0 heterocycles. The highest BCUT2D eigenvalue weighted by atomic mass is 16.5. The van der Waals surface area contributed by atoms with Crippen molar-refractivity contribution < 1.29 is 14.3 Å². The Labute approximate surface area is 120 Å². The third-order valence-corrected chi connectivity index (χ3v) is 4.06. The summed E-state index contributed by atoms with van der Waals surface area (Å²) < 4.78 is 10.8. The molecule has 0 aliphatic heterocycles. The van der Waals surface area contributed by atoms with Crippen LogP contribution in [-0.4, -0.2) is 19.2 Å². The number of carbonyl (C=O) groups is 1. The lowest BCUT2D eigenvalue weighted by Gasteiger charge is -2.29. The number of hydrogen-bond donors (Lipinski definition) is 1. The number of ether oxygens (including phenoxy) is 2. The molecule has 0 spiro atoms. The van der Waals surface area contributed by atoms with E-state index in [-0.39, 0.29) is 6.10 Å². The molecule has 0 amide bonds. The average Bonchev–Trinajstić information content (AvgIpc) is 2.46. The molecule has 4 heteroatoms. The van der Waals surface area contributed by atoms with E-state index < -0.39 is 5.97 Å². The van der Waals surface area contributed by atoms with Gasteiger partial charge >= 0.3 is 5.97 Å². The molecule has 0 aromatic heterocycles. The zero-order valence-corrected chi connectivity index (χ0v) is 12.2. The SMILES string of the molecule is COC(=O)c1c(N)cccc1COC1CCCCC1C. The van der Waals surface area contributed by atoms with Crippen LogP contribution in [0.4, 0.5) is 5.69 Å². The highest BCUT2D eigenvalue weighted by Crippen LogP contribution is 2.28. The fourth-order valence-corrected chi connectivity index (χ4v) is 2.82. The van der Waals surface area contributed by atoms with Gasteiger partial charge in [-0.1, -0.05) is 31.9 Å². The topological polar surface area (TPSA) is 61.5 Å². The number of nitrogen functional groups attached to an aromatic ring is 1. The van der Waals surface area contributed by atoms with Crippen LogP contribution in [0.5, 0.6) is 0 Å². The molecule has 1 aromatic carbocycles. The van der Waals surface area contributed by atoms with Crippen molar-refractivity contribution in [3.05, 3.63) is 29.3 Å². The Morgan fingerprint density at radius 2 is 2.10 bits per heavy atom. The number of methoxy groups -OCH3 is 1. The first kappa shape index (κ1) is 14.9. The number of esters is 1. The fourth-order valence-electron chi connectivity index (χ4n) is 2.82. The first-order valence-electron chi connectivity index (χ1n) is 7.20. The number of carbonyl (C=O) groups excluding carboxylic acids is 1. The molecule has 1 aliphatic carbocycles. The summed E-state index contributed by atoms with van der Waals surface area (Å²) in [7, 11) is 1.36. The van der Waals surface area contributed by atoms with Gasteiger partial charge in [-0.2, -0.15) is 0 Å². The summed E-state index contributed by atoms with van der Waals surface area (Å²) in [5.41, 5.74) is 7.55. The second kappa shape index (κ2) is 6.75. The van der Waals surface area contributed by atoms with Crippen molar-refractivity contribution >= 4 is 11.7 Å². The summed E-state index contributed by atoms with van der Waals surface area (Å²) in [6.07, 6.45) is 5.08. The van der Waals surface area contributed by atoms with E-state index in [2.05, 4.69) is 6.92 Å². The molecule has 1 fully saturated rings. The minimum Gasteiger partial charge on any atom is -0.465 e. The second-order valence-corrected chi connectivity index (χ2v) is 5.48. The number of anilines is 1. The molecular formula is C16H23NO3. The average molecular weight is 277 g/mol. The predicted molar refractivity (Wildman–Crippen MR) is 78.4 cm³/mol. The number of rotatable bonds is 4. The maximum Gasteiger partial charge on any atom is 0.340 e. The van der Waals surface area contributed by atoms with E-state index in [1.165, 1.54) is 26.4 Å². The van der Waals surface area contributed by atoms with Gasteiger partial charge in [-0.3, -0.25) is 0 Å². The molecule has 1 aliphatic rings. The molecule has 2 N–H and O–H groups in total. The van der Waals surface area contributed by atoms with Crippen molar-refractivity contribution in [1.29, 1.82) is 0 Å². The summed E-state index contributed by atoms with van der Waals surface area (Å²) in [6.45, 7) is 2.63. The van der Waals surface area contributed by atoms with Gasteiger partial charge in [-0.05, 0) is 30.4 Å². The number of benzene rings is 1. The van der Waals surface area contributed by atoms with Crippen LogP contribution in [0.1, 0.15) is 48.5 Å². The van der Waals surface area contributed by atoms with Crippen molar-refractivity contribution in [1.82, 2.24) is 0 Å². The predicted octanol–water partition coefficient (Wildman–Crippen LogP) is 3.15. The fraction of sp³-hybridized carbons (Fsp3) is 0.562. The number of nitrogens with two attached hydrogens (primary N) is 1. The minimum absolute atomic E-state index is 0.274. The van der Waals surface area contributed by atoms with Crippen LogP contribution >= 0.6 is 0 Å². The Balaban J connectivity index is 2.09. The molecule has 110 valence electrons. The molecule has 2 unspecified atom stereocenters. The summed E-state index contributed by atoms with van der Waals surface area (Å²) in [5.74, 6) is 0.171. The summed E-state index contributed by atoms with van der Waals surface area (Å²) in [5, 5.41) is 0. The largest absolute Gasteiger partial charge is 0.465 e. The first-order valence-corrected chi connectivity index (χ1v) is 7.20. The van der Waals surface area contributed by atoms with E-state index in [0.717, 1.165) is 12.0 Å².